The fourth-order valence-electron chi connectivity index (χ4n) is 5.80. The number of hydrogen-bond donors (Lipinski definition) is 0. The van der Waals surface area contributed by atoms with Gasteiger partial charge in [-0.2, -0.15) is 4.98 Å². The Bertz CT molecular complexity index is 1770. The van der Waals surface area contributed by atoms with Crippen molar-refractivity contribution in [3.63, 3.8) is 0 Å². The van der Waals surface area contributed by atoms with Gasteiger partial charge in [0.15, 0.2) is 0 Å². The van der Waals surface area contributed by atoms with Crippen molar-refractivity contribution in [1.82, 2.24) is 29.0 Å². The van der Waals surface area contributed by atoms with Gasteiger partial charge in [0.2, 0.25) is 5.88 Å². The number of pyridine rings is 1. The topological polar surface area (TPSA) is 99.8 Å². The summed E-state index contributed by atoms with van der Waals surface area (Å²) in [7, 11) is 3.39. The molecule has 2 aromatic carbocycles. The molecular formula is C32H35N7O4. The molecule has 0 spiro atoms. The molecule has 1 atom stereocenters. The first-order valence-electron chi connectivity index (χ1n) is 14.7. The van der Waals surface area contributed by atoms with Crippen LogP contribution in [0.2, 0.25) is 0 Å². The molecule has 0 saturated carbocycles. The van der Waals surface area contributed by atoms with E-state index in [1.165, 1.54) is 7.11 Å². The van der Waals surface area contributed by atoms with Crippen molar-refractivity contribution < 1.29 is 19.0 Å². The maximum atomic E-state index is 12.2. The molecule has 2 saturated heterocycles. The van der Waals surface area contributed by atoms with Crippen LogP contribution >= 0.6 is 0 Å². The molecular weight excluding hydrogens is 546 g/mol. The molecule has 0 bridgehead atoms. The summed E-state index contributed by atoms with van der Waals surface area (Å²) in [6, 6.07) is 17.7. The van der Waals surface area contributed by atoms with Gasteiger partial charge in [-0.1, -0.05) is 12.1 Å². The number of aromatic nitrogens is 5. The second kappa shape index (κ2) is 11.7. The van der Waals surface area contributed by atoms with E-state index in [2.05, 4.69) is 37.5 Å². The molecule has 0 amide bonds. The lowest BCUT2D eigenvalue weighted by molar-refractivity contribution is -0.0592. The van der Waals surface area contributed by atoms with Gasteiger partial charge in [0, 0.05) is 45.9 Å². The van der Waals surface area contributed by atoms with Crippen LogP contribution in [-0.4, -0.2) is 81.0 Å². The van der Waals surface area contributed by atoms with E-state index in [4.69, 9.17) is 24.2 Å². The van der Waals surface area contributed by atoms with Gasteiger partial charge in [0.25, 0.3) is 0 Å². The minimum absolute atomic E-state index is 0.174. The van der Waals surface area contributed by atoms with Gasteiger partial charge in [0.1, 0.15) is 18.2 Å². The lowest BCUT2D eigenvalue weighted by Crippen LogP contribution is -2.46. The van der Waals surface area contributed by atoms with Crippen molar-refractivity contribution in [3.05, 3.63) is 77.9 Å². The zero-order valence-corrected chi connectivity index (χ0v) is 24.5. The van der Waals surface area contributed by atoms with Crippen molar-refractivity contribution >= 4 is 33.9 Å². The van der Waals surface area contributed by atoms with Gasteiger partial charge in [0.05, 0.1) is 60.3 Å². The zero-order valence-electron chi connectivity index (χ0n) is 24.5. The van der Waals surface area contributed by atoms with Crippen LogP contribution in [0.5, 0.6) is 5.88 Å². The average molecular weight is 582 g/mol. The highest BCUT2D eigenvalue weighted by Gasteiger charge is 2.25. The number of aryl methyl sites for hydroxylation is 1. The molecule has 0 unspecified atom stereocenters. The lowest BCUT2D eigenvalue weighted by atomic mass is 10.1. The highest BCUT2D eigenvalue weighted by Crippen LogP contribution is 2.25. The molecule has 2 aliphatic heterocycles. The molecule has 3 aromatic heterocycles. The SMILES string of the molecule is COC(=O)c1ccc2nc(CN3CCN(c4cccc(OCc5ccc6c(c5)ncn6C)n4)CC3)n(C[C@@H]3CCO3)c2c1. The van der Waals surface area contributed by atoms with E-state index >= 15 is 0 Å². The van der Waals surface area contributed by atoms with Crippen LogP contribution < -0.4 is 9.64 Å². The van der Waals surface area contributed by atoms with Crippen LogP contribution in [-0.2, 0) is 36.2 Å². The number of fused-ring (bicyclic) bond motifs is 2. The first-order valence-corrected chi connectivity index (χ1v) is 14.7. The summed E-state index contributed by atoms with van der Waals surface area (Å²) in [5, 5.41) is 0. The molecule has 7 rings (SSSR count). The normalized spacial score (nSPS) is 17.3. The third kappa shape index (κ3) is 5.65. The molecule has 11 heteroatoms. The third-order valence-electron chi connectivity index (χ3n) is 8.37. The summed E-state index contributed by atoms with van der Waals surface area (Å²) >= 11 is 0. The van der Waals surface area contributed by atoms with E-state index in [1.807, 2.05) is 48.3 Å². The molecule has 5 heterocycles. The van der Waals surface area contributed by atoms with Crippen molar-refractivity contribution in [2.24, 2.45) is 7.05 Å². The lowest BCUT2D eigenvalue weighted by Gasteiger charge is -2.35. The number of imidazole rings is 2. The van der Waals surface area contributed by atoms with E-state index in [9.17, 15) is 4.79 Å². The summed E-state index contributed by atoms with van der Waals surface area (Å²) in [6.45, 7) is 6.15. The number of esters is 1. The van der Waals surface area contributed by atoms with E-state index in [0.717, 1.165) is 91.6 Å². The summed E-state index contributed by atoms with van der Waals surface area (Å²) in [6.07, 6.45) is 3.03. The smallest absolute Gasteiger partial charge is 0.337 e. The fraction of sp³-hybridized carbons (Fsp3) is 0.375. The quantitative estimate of drug-likeness (QED) is 0.241. The molecule has 43 heavy (non-hydrogen) atoms. The Morgan fingerprint density at radius 2 is 1.86 bits per heavy atom. The van der Waals surface area contributed by atoms with Gasteiger partial charge in [-0.15, -0.1) is 0 Å². The fourth-order valence-corrected chi connectivity index (χ4v) is 5.80. The summed E-state index contributed by atoms with van der Waals surface area (Å²) in [5.41, 5.74) is 5.46. The highest BCUT2D eigenvalue weighted by molar-refractivity contribution is 5.93. The van der Waals surface area contributed by atoms with Crippen LogP contribution in [0, 0.1) is 0 Å². The van der Waals surface area contributed by atoms with Crippen LogP contribution in [0.4, 0.5) is 5.82 Å². The average Bonchev–Trinajstić information content (AvgIpc) is 3.56. The summed E-state index contributed by atoms with van der Waals surface area (Å²) in [5.74, 6) is 2.17. The zero-order chi connectivity index (χ0) is 29.3. The minimum Gasteiger partial charge on any atom is -0.473 e. The Labute approximate surface area is 249 Å². The molecule has 2 fully saturated rings. The van der Waals surface area contributed by atoms with Gasteiger partial charge in [-0.3, -0.25) is 4.90 Å². The largest absolute Gasteiger partial charge is 0.473 e. The van der Waals surface area contributed by atoms with Gasteiger partial charge in [-0.25, -0.2) is 14.8 Å². The Morgan fingerprint density at radius 1 is 1.00 bits per heavy atom. The van der Waals surface area contributed by atoms with Gasteiger partial charge >= 0.3 is 5.97 Å². The van der Waals surface area contributed by atoms with Gasteiger partial charge < -0.3 is 28.2 Å². The Kier molecular flexibility index (Phi) is 7.42. The van der Waals surface area contributed by atoms with Crippen LogP contribution in [0.1, 0.15) is 28.2 Å². The molecule has 0 aliphatic carbocycles. The van der Waals surface area contributed by atoms with E-state index in [-0.39, 0.29) is 12.1 Å². The van der Waals surface area contributed by atoms with Crippen LogP contribution in [0.15, 0.2) is 60.9 Å². The number of piperazine rings is 1. The molecule has 2 aliphatic rings. The molecule has 11 nitrogen and oxygen atoms in total. The summed E-state index contributed by atoms with van der Waals surface area (Å²) < 4.78 is 21.0. The molecule has 222 valence electrons. The van der Waals surface area contributed by atoms with Crippen molar-refractivity contribution in [1.29, 1.82) is 0 Å². The third-order valence-corrected chi connectivity index (χ3v) is 8.37. The van der Waals surface area contributed by atoms with Gasteiger partial charge in [-0.05, 0) is 48.4 Å². The second-order valence-electron chi connectivity index (χ2n) is 11.2. The van der Waals surface area contributed by atoms with E-state index in [0.29, 0.717) is 18.1 Å². The Morgan fingerprint density at radius 3 is 2.65 bits per heavy atom. The number of benzene rings is 2. The first kappa shape index (κ1) is 27.4. The van der Waals surface area contributed by atoms with E-state index in [1.54, 1.807) is 6.07 Å². The van der Waals surface area contributed by atoms with Crippen molar-refractivity contribution in [2.45, 2.75) is 32.2 Å². The van der Waals surface area contributed by atoms with Crippen molar-refractivity contribution in [3.8, 4) is 5.88 Å². The summed E-state index contributed by atoms with van der Waals surface area (Å²) in [4.78, 5) is 31.1. The standard InChI is InChI=1S/C32H35N7O4/c1-36-21-33-26-16-22(6-9-27(26)36)20-43-31-5-3-4-29(35-31)38-13-11-37(12-14-38)19-30-34-25-8-7-23(32(40)41-2)17-28(25)39(30)18-24-10-15-42-24/h3-9,16-17,21,24H,10-15,18-20H2,1-2H3/t24-/m0/s1. The number of carbonyl (C=O) groups is 1. The predicted molar refractivity (Wildman–Crippen MR) is 162 cm³/mol. The number of anilines is 1. The highest BCUT2D eigenvalue weighted by atomic mass is 16.5. The number of rotatable bonds is 9. The molecule has 5 aromatic rings. The molecule has 0 radical (unpaired) electrons. The van der Waals surface area contributed by atoms with E-state index < -0.39 is 0 Å². The number of ether oxygens (including phenoxy) is 3. The maximum absolute atomic E-state index is 12.2. The first-order chi connectivity index (χ1) is 21.0. The monoisotopic (exact) mass is 581 g/mol. The number of nitrogens with zero attached hydrogens (tertiary/aromatic N) is 7. The Balaban J connectivity index is 1.00. The van der Waals surface area contributed by atoms with Crippen LogP contribution in [0.25, 0.3) is 22.1 Å². The van der Waals surface area contributed by atoms with Crippen LogP contribution in [0.3, 0.4) is 0 Å². The molecule has 0 N–H and O–H groups in total. The predicted octanol–water partition coefficient (Wildman–Crippen LogP) is 3.79. The number of methoxy groups -OCH3 is 1. The van der Waals surface area contributed by atoms with Crippen molar-refractivity contribution in [2.75, 3.05) is 44.8 Å². The Hall–Kier alpha value is -4.48. The number of carbonyl (C=O) groups excluding carboxylic acids is 1. The maximum Gasteiger partial charge on any atom is 0.337 e. The minimum atomic E-state index is -0.346. The number of hydrogen-bond acceptors (Lipinski definition) is 9. The second-order valence-corrected chi connectivity index (χ2v) is 11.2.